The molecule has 6 nitrogen and oxygen atoms in total. The zero-order chi connectivity index (χ0) is 19.2. The largest absolute Gasteiger partial charge is 0.398 e. The van der Waals surface area contributed by atoms with Crippen LogP contribution in [0, 0.1) is 18.8 Å². The average Bonchev–Trinajstić information content (AvgIpc) is 3.09. The van der Waals surface area contributed by atoms with Gasteiger partial charge in [0, 0.05) is 43.6 Å². The van der Waals surface area contributed by atoms with E-state index in [4.69, 9.17) is 4.74 Å². The number of anilines is 1. The molecule has 1 N–H and O–H groups in total. The van der Waals surface area contributed by atoms with Gasteiger partial charge in [-0.1, -0.05) is 30.2 Å². The topological polar surface area (TPSA) is 71.5 Å². The third-order valence-corrected chi connectivity index (χ3v) is 4.27. The summed E-state index contributed by atoms with van der Waals surface area (Å²) in [5.41, 5.74) is 1.79. The van der Waals surface area contributed by atoms with Crippen LogP contribution in [-0.4, -0.2) is 36.0 Å². The Kier molecular flexibility index (Phi) is 5.72. The number of aromatic nitrogens is 1. The van der Waals surface area contributed by atoms with E-state index in [0.717, 1.165) is 24.1 Å². The van der Waals surface area contributed by atoms with Crippen LogP contribution in [0.4, 0.5) is 5.82 Å². The fourth-order valence-electron chi connectivity index (χ4n) is 2.96. The average molecular weight is 363 g/mol. The van der Waals surface area contributed by atoms with Gasteiger partial charge in [0.2, 0.25) is 11.8 Å². The lowest BCUT2D eigenvalue weighted by molar-refractivity contribution is -0.128. The van der Waals surface area contributed by atoms with Gasteiger partial charge in [-0.3, -0.25) is 4.79 Å². The zero-order valence-corrected chi connectivity index (χ0v) is 15.4. The number of pyridine rings is 1. The van der Waals surface area contributed by atoms with Gasteiger partial charge in [0.15, 0.2) is 0 Å². The molecule has 138 valence electrons. The van der Waals surface area contributed by atoms with Crippen LogP contribution in [0.25, 0.3) is 0 Å². The van der Waals surface area contributed by atoms with Crippen LogP contribution in [-0.2, 0) is 9.59 Å². The van der Waals surface area contributed by atoms with Crippen molar-refractivity contribution in [1.82, 2.24) is 10.3 Å². The van der Waals surface area contributed by atoms with Crippen molar-refractivity contribution in [2.24, 2.45) is 0 Å². The number of hydrogen-bond donors (Lipinski definition) is 1. The Morgan fingerprint density at radius 2 is 2.04 bits per heavy atom. The number of benzene rings is 1. The van der Waals surface area contributed by atoms with Crippen molar-refractivity contribution in [3.8, 4) is 17.7 Å². The SMILES string of the molecule is CC(=O)NC1CCN(c2cccc(OC(=O)C#Cc3ccccc3C)n2)C1. The summed E-state index contributed by atoms with van der Waals surface area (Å²) < 4.78 is 5.25. The Morgan fingerprint density at radius 1 is 1.22 bits per heavy atom. The second-order valence-electron chi connectivity index (χ2n) is 6.42. The fraction of sp³-hybridized carbons (Fsp3) is 0.286. The van der Waals surface area contributed by atoms with E-state index in [1.165, 1.54) is 6.92 Å². The predicted molar refractivity (Wildman–Crippen MR) is 102 cm³/mol. The Morgan fingerprint density at radius 3 is 2.81 bits per heavy atom. The minimum Gasteiger partial charge on any atom is -0.398 e. The molecule has 1 atom stereocenters. The first kappa shape index (κ1) is 18.5. The summed E-state index contributed by atoms with van der Waals surface area (Å²) in [6.07, 6.45) is 0.854. The smallest absolute Gasteiger partial charge is 0.391 e. The van der Waals surface area contributed by atoms with E-state index in [-0.39, 0.29) is 17.8 Å². The zero-order valence-electron chi connectivity index (χ0n) is 15.4. The van der Waals surface area contributed by atoms with Gasteiger partial charge in [0.25, 0.3) is 0 Å². The molecule has 0 aliphatic carbocycles. The highest BCUT2D eigenvalue weighted by Gasteiger charge is 2.24. The highest BCUT2D eigenvalue weighted by Crippen LogP contribution is 2.21. The number of ether oxygens (including phenoxy) is 1. The molecule has 0 bridgehead atoms. The second-order valence-corrected chi connectivity index (χ2v) is 6.42. The number of carbonyl (C=O) groups is 2. The van der Waals surface area contributed by atoms with Gasteiger partial charge in [-0.05, 0) is 31.0 Å². The van der Waals surface area contributed by atoms with E-state index in [1.807, 2.05) is 37.3 Å². The Labute approximate surface area is 158 Å². The van der Waals surface area contributed by atoms with Crippen LogP contribution in [0.1, 0.15) is 24.5 Å². The summed E-state index contributed by atoms with van der Waals surface area (Å²) in [6.45, 7) is 4.91. The van der Waals surface area contributed by atoms with Crippen molar-refractivity contribution >= 4 is 17.7 Å². The van der Waals surface area contributed by atoms with Gasteiger partial charge >= 0.3 is 5.97 Å². The predicted octanol–water partition coefficient (Wildman–Crippen LogP) is 2.06. The van der Waals surface area contributed by atoms with Crippen molar-refractivity contribution in [3.63, 3.8) is 0 Å². The molecular formula is C21H21N3O3. The van der Waals surface area contributed by atoms with E-state index in [1.54, 1.807) is 12.1 Å². The van der Waals surface area contributed by atoms with E-state index >= 15 is 0 Å². The van der Waals surface area contributed by atoms with Gasteiger partial charge in [0.1, 0.15) is 5.82 Å². The van der Waals surface area contributed by atoms with Crippen LogP contribution in [0.2, 0.25) is 0 Å². The molecule has 1 fully saturated rings. The van der Waals surface area contributed by atoms with E-state index in [0.29, 0.717) is 12.4 Å². The molecule has 1 saturated heterocycles. The van der Waals surface area contributed by atoms with E-state index < -0.39 is 5.97 Å². The lowest BCUT2D eigenvalue weighted by Gasteiger charge is -2.18. The van der Waals surface area contributed by atoms with Gasteiger partial charge in [0.05, 0.1) is 0 Å². The summed E-state index contributed by atoms with van der Waals surface area (Å²) in [5.74, 6) is 5.54. The highest BCUT2D eigenvalue weighted by atomic mass is 16.5. The molecule has 2 heterocycles. The highest BCUT2D eigenvalue weighted by molar-refractivity contribution is 5.90. The molecular weight excluding hydrogens is 342 g/mol. The molecule has 0 saturated carbocycles. The molecule has 6 heteroatoms. The summed E-state index contributed by atoms with van der Waals surface area (Å²) >= 11 is 0. The summed E-state index contributed by atoms with van der Waals surface area (Å²) in [7, 11) is 0. The van der Waals surface area contributed by atoms with Gasteiger partial charge < -0.3 is 15.0 Å². The number of nitrogens with one attached hydrogen (secondary N) is 1. The third-order valence-electron chi connectivity index (χ3n) is 4.27. The number of aryl methyl sites for hydroxylation is 1. The number of nitrogens with zero attached hydrogens (tertiary/aromatic N) is 2. The molecule has 1 aliphatic rings. The van der Waals surface area contributed by atoms with E-state index in [9.17, 15) is 9.59 Å². The first-order valence-electron chi connectivity index (χ1n) is 8.80. The molecule has 1 unspecified atom stereocenters. The standard InChI is InChI=1S/C21H21N3O3/c1-15-6-3-4-7-17(15)10-11-21(26)27-20-9-5-8-19(23-20)24-13-12-18(14-24)22-16(2)25/h3-9,18H,12-14H2,1-2H3,(H,22,25). The Hall–Kier alpha value is -3.33. The normalized spacial score (nSPS) is 15.6. The Bertz CT molecular complexity index is 914. The van der Waals surface area contributed by atoms with Crippen molar-refractivity contribution in [2.75, 3.05) is 18.0 Å². The van der Waals surface area contributed by atoms with Crippen molar-refractivity contribution in [3.05, 3.63) is 53.6 Å². The van der Waals surface area contributed by atoms with Crippen molar-refractivity contribution < 1.29 is 14.3 Å². The number of rotatable bonds is 3. The van der Waals surface area contributed by atoms with Gasteiger partial charge in [-0.2, -0.15) is 4.98 Å². The summed E-state index contributed by atoms with van der Waals surface area (Å²) in [4.78, 5) is 29.6. The number of hydrogen-bond acceptors (Lipinski definition) is 5. The minimum absolute atomic E-state index is 0.0373. The quantitative estimate of drug-likeness (QED) is 0.668. The molecule has 2 aromatic rings. The van der Waals surface area contributed by atoms with Crippen LogP contribution in [0.15, 0.2) is 42.5 Å². The summed E-state index contributed by atoms with van der Waals surface area (Å²) in [5, 5.41) is 2.91. The lowest BCUT2D eigenvalue weighted by Crippen LogP contribution is -2.35. The molecule has 1 amide bonds. The van der Waals surface area contributed by atoms with Gasteiger partial charge in [-0.25, -0.2) is 4.79 Å². The lowest BCUT2D eigenvalue weighted by atomic mass is 10.1. The second kappa shape index (κ2) is 8.37. The van der Waals surface area contributed by atoms with Crippen LogP contribution in [0.3, 0.4) is 0 Å². The number of carbonyl (C=O) groups excluding carboxylic acids is 2. The molecule has 27 heavy (non-hydrogen) atoms. The maximum absolute atomic E-state index is 12.0. The maximum atomic E-state index is 12.0. The number of amides is 1. The molecule has 1 aromatic carbocycles. The fourth-order valence-corrected chi connectivity index (χ4v) is 2.96. The Balaban J connectivity index is 1.64. The van der Waals surface area contributed by atoms with Crippen LogP contribution >= 0.6 is 0 Å². The minimum atomic E-state index is -0.652. The first-order valence-corrected chi connectivity index (χ1v) is 8.80. The first-order chi connectivity index (χ1) is 13.0. The number of esters is 1. The maximum Gasteiger partial charge on any atom is 0.391 e. The van der Waals surface area contributed by atoms with Gasteiger partial charge in [-0.15, -0.1) is 0 Å². The van der Waals surface area contributed by atoms with Crippen LogP contribution < -0.4 is 15.0 Å². The molecule has 0 spiro atoms. The third kappa shape index (κ3) is 5.08. The van der Waals surface area contributed by atoms with Crippen molar-refractivity contribution in [2.45, 2.75) is 26.3 Å². The molecule has 1 aliphatic heterocycles. The summed E-state index contributed by atoms with van der Waals surface area (Å²) in [6, 6.07) is 12.9. The molecule has 0 radical (unpaired) electrons. The molecule has 1 aromatic heterocycles. The van der Waals surface area contributed by atoms with Crippen molar-refractivity contribution in [1.29, 1.82) is 0 Å². The van der Waals surface area contributed by atoms with E-state index in [2.05, 4.69) is 27.0 Å². The molecule has 3 rings (SSSR count). The van der Waals surface area contributed by atoms with Crippen LogP contribution in [0.5, 0.6) is 5.88 Å². The monoisotopic (exact) mass is 363 g/mol.